The Hall–Kier alpha value is -2.70. The standard InChI is InChI=1S/C36H52ClFN4O6S/c1-2-36-16-4-3-6-26(8-12-32(36)37)9-13-33(40-36)41-18-14-27(15-19-41)7-5-20-48-30-11-10-28(31(38)23-30)22-34(43)42-24-29(25-42)35(44)39-17-21-49(45,46)47/h8,10-12,23,26-27,29,32H,2-7,9,13-22,24-25H2,1H3,(H,39,44)(H,45,46,47)/b12-8-,40-33?. The van der Waals surface area contributed by atoms with E-state index in [0.717, 1.165) is 64.5 Å². The summed E-state index contributed by atoms with van der Waals surface area (Å²) < 4.78 is 51.0. The summed E-state index contributed by atoms with van der Waals surface area (Å²) >= 11 is 7.00. The summed E-state index contributed by atoms with van der Waals surface area (Å²) in [5.41, 5.74) is 0.0431. The Bertz CT molecular complexity index is 1480. The summed E-state index contributed by atoms with van der Waals surface area (Å²) in [5.74, 6) is 0.682. The van der Waals surface area contributed by atoms with Gasteiger partial charge in [-0.25, -0.2) is 4.39 Å². The number of carbonyl (C=O) groups is 2. The zero-order chi connectivity index (χ0) is 35.0. The lowest BCUT2D eigenvalue weighted by Crippen LogP contribution is -2.56. The van der Waals surface area contributed by atoms with Crippen molar-refractivity contribution in [2.45, 2.75) is 94.9 Å². The van der Waals surface area contributed by atoms with Gasteiger partial charge in [-0.3, -0.25) is 19.1 Å². The van der Waals surface area contributed by atoms with Gasteiger partial charge in [-0.05, 0) is 74.8 Å². The first-order chi connectivity index (χ1) is 23.4. The minimum absolute atomic E-state index is 0.0617. The van der Waals surface area contributed by atoms with Crippen LogP contribution < -0.4 is 10.1 Å². The monoisotopic (exact) mass is 722 g/mol. The number of amidine groups is 1. The number of aliphatic imine (C=N–C) groups is 1. The lowest BCUT2D eigenvalue weighted by molar-refractivity contribution is -0.142. The molecule has 2 N–H and O–H groups in total. The van der Waals surface area contributed by atoms with Gasteiger partial charge in [-0.15, -0.1) is 11.6 Å². The van der Waals surface area contributed by atoms with E-state index in [-0.39, 0.29) is 54.3 Å². The van der Waals surface area contributed by atoms with Crippen LogP contribution in [0.1, 0.15) is 83.1 Å². The van der Waals surface area contributed by atoms with Crippen molar-refractivity contribution in [3.05, 3.63) is 41.7 Å². The number of hydrogen-bond donors (Lipinski definition) is 2. The number of carbonyl (C=O) groups excluding carboxylic acids is 2. The molecule has 0 radical (unpaired) electrons. The van der Waals surface area contributed by atoms with Crippen LogP contribution in [-0.4, -0.2) is 96.4 Å². The second-order valence-corrected chi connectivity index (χ2v) is 16.3. The van der Waals surface area contributed by atoms with Crippen molar-refractivity contribution in [2.75, 3.05) is 45.1 Å². The molecule has 5 rings (SSSR count). The maximum Gasteiger partial charge on any atom is 0.266 e. The number of rotatable bonds is 12. The number of benzene rings is 1. The van der Waals surface area contributed by atoms with E-state index in [9.17, 15) is 22.4 Å². The highest BCUT2D eigenvalue weighted by molar-refractivity contribution is 7.85. The molecule has 49 heavy (non-hydrogen) atoms. The Morgan fingerprint density at radius 3 is 2.63 bits per heavy atom. The van der Waals surface area contributed by atoms with Crippen molar-refractivity contribution in [2.24, 2.45) is 22.7 Å². The second-order valence-electron chi connectivity index (χ2n) is 14.2. The molecular weight excluding hydrogens is 671 g/mol. The number of nitrogens with zero attached hydrogens (tertiary/aromatic N) is 3. The maximum absolute atomic E-state index is 14.8. The molecule has 10 nitrogen and oxygen atoms in total. The topological polar surface area (TPSA) is 129 Å². The highest BCUT2D eigenvalue weighted by atomic mass is 35.5. The number of likely N-dealkylation sites (tertiary alicyclic amines) is 2. The number of piperidine rings is 1. The molecule has 0 aromatic heterocycles. The Morgan fingerprint density at radius 1 is 1.14 bits per heavy atom. The first-order valence-corrected chi connectivity index (χ1v) is 20.1. The normalized spacial score (nSPS) is 26.0. The molecule has 1 aromatic carbocycles. The molecule has 2 fully saturated rings. The van der Waals surface area contributed by atoms with E-state index in [0.29, 0.717) is 24.2 Å². The van der Waals surface area contributed by atoms with E-state index in [4.69, 9.17) is 25.9 Å². The first kappa shape index (κ1) is 37.6. The van der Waals surface area contributed by atoms with Crippen LogP contribution in [0.4, 0.5) is 4.39 Å². The minimum Gasteiger partial charge on any atom is -0.493 e. The van der Waals surface area contributed by atoms with Gasteiger partial charge in [0.1, 0.15) is 11.6 Å². The van der Waals surface area contributed by atoms with Crippen molar-refractivity contribution < 1.29 is 31.7 Å². The van der Waals surface area contributed by atoms with Crippen LogP contribution in [0.5, 0.6) is 5.75 Å². The first-order valence-electron chi connectivity index (χ1n) is 18.0. The number of hydrogen-bond acceptors (Lipinski definition) is 7. The van der Waals surface area contributed by atoms with Crippen LogP contribution in [0.25, 0.3) is 0 Å². The van der Waals surface area contributed by atoms with Crippen molar-refractivity contribution in [3.8, 4) is 5.75 Å². The third kappa shape index (κ3) is 10.4. The van der Waals surface area contributed by atoms with Gasteiger partial charge >= 0.3 is 0 Å². The Kier molecular flexibility index (Phi) is 13.0. The molecule has 13 heteroatoms. The third-order valence-corrected chi connectivity index (χ3v) is 12.1. The Morgan fingerprint density at radius 2 is 1.92 bits per heavy atom. The van der Waals surface area contributed by atoms with Gasteiger partial charge in [-0.2, -0.15) is 8.42 Å². The van der Waals surface area contributed by atoms with Gasteiger partial charge in [0.2, 0.25) is 11.8 Å². The van der Waals surface area contributed by atoms with Crippen LogP contribution in [0, 0.1) is 23.6 Å². The summed E-state index contributed by atoms with van der Waals surface area (Å²) in [6.07, 6.45) is 16.5. The Balaban J connectivity index is 1.01. The molecule has 3 atom stereocenters. The molecule has 0 saturated carbocycles. The van der Waals surface area contributed by atoms with E-state index >= 15 is 0 Å². The molecule has 1 aromatic rings. The highest BCUT2D eigenvalue weighted by Gasteiger charge is 2.38. The summed E-state index contributed by atoms with van der Waals surface area (Å²) in [6, 6.07) is 4.57. The van der Waals surface area contributed by atoms with Crippen molar-refractivity contribution in [1.82, 2.24) is 15.1 Å². The fourth-order valence-corrected chi connectivity index (χ4v) is 8.30. The lowest BCUT2D eigenvalue weighted by atomic mass is 9.86. The van der Waals surface area contributed by atoms with Gasteiger partial charge in [0, 0.05) is 45.2 Å². The highest BCUT2D eigenvalue weighted by Crippen LogP contribution is 2.38. The smallest absolute Gasteiger partial charge is 0.266 e. The molecule has 272 valence electrons. The molecule has 3 heterocycles. The second kappa shape index (κ2) is 17.0. The van der Waals surface area contributed by atoms with Crippen LogP contribution >= 0.6 is 11.6 Å². The molecule has 2 amide bonds. The summed E-state index contributed by atoms with van der Waals surface area (Å²) in [5, 5.41) is 2.37. The van der Waals surface area contributed by atoms with Crippen LogP contribution in [0.3, 0.4) is 0 Å². The van der Waals surface area contributed by atoms with E-state index in [2.05, 4.69) is 29.3 Å². The zero-order valence-electron chi connectivity index (χ0n) is 28.6. The summed E-state index contributed by atoms with van der Waals surface area (Å²) in [6.45, 7) is 4.92. The predicted octanol–water partition coefficient (Wildman–Crippen LogP) is 5.40. The largest absolute Gasteiger partial charge is 0.493 e. The molecule has 2 bridgehead atoms. The molecule has 2 saturated heterocycles. The SMILES string of the molecule is CCC12CCCCC(/C=C\C1Cl)CCC(N1CCC(CCCOc3ccc(CC(=O)N4CC(C(=O)NCCS(=O)(=O)O)C4)c(F)c3)CC1)=N2. The van der Waals surface area contributed by atoms with E-state index in [1.165, 1.54) is 36.1 Å². The average Bonchev–Trinajstić information content (AvgIpc) is 3.16. The molecule has 3 aliphatic heterocycles. The fraction of sp³-hybridized carbons (Fsp3) is 0.694. The van der Waals surface area contributed by atoms with Gasteiger partial charge < -0.3 is 19.9 Å². The quantitative estimate of drug-likeness (QED) is 0.128. The molecule has 0 spiro atoms. The van der Waals surface area contributed by atoms with E-state index < -0.39 is 27.6 Å². The lowest BCUT2D eigenvalue weighted by Gasteiger charge is -2.38. The predicted molar refractivity (Wildman–Crippen MR) is 189 cm³/mol. The van der Waals surface area contributed by atoms with Gasteiger partial charge in [-0.1, -0.05) is 38.0 Å². The van der Waals surface area contributed by atoms with Crippen LogP contribution in [-0.2, 0) is 26.1 Å². The number of ether oxygens (including phenoxy) is 1. The molecule has 3 unspecified atom stereocenters. The number of halogens is 2. The van der Waals surface area contributed by atoms with Crippen molar-refractivity contribution in [3.63, 3.8) is 0 Å². The van der Waals surface area contributed by atoms with Gasteiger partial charge in [0.05, 0.1) is 41.5 Å². The number of nitrogens with one attached hydrogen (secondary N) is 1. The van der Waals surface area contributed by atoms with Crippen molar-refractivity contribution in [1.29, 1.82) is 0 Å². The van der Waals surface area contributed by atoms with Crippen LogP contribution in [0.15, 0.2) is 35.3 Å². The molecular formula is C36H52ClFN4O6S. The summed E-state index contributed by atoms with van der Waals surface area (Å²) in [7, 11) is -4.16. The van der Waals surface area contributed by atoms with Crippen LogP contribution in [0.2, 0.25) is 0 Å². The fourth-order valence-electron chi connectivity index (χ4n) is 7.54. The third-order valence-electron chi connectivity index (χ3n) is 10.8. The van der Waals surface area contributed by atoms with E-state index in [1.54, 1.807) is 12.1 Å². The van der Waals surface area contributed by atoms with Crippen molar-refractivity contribution >= 4 is 39.4 Å². The molecule has 1 aliphatic carbocycles. The maximum atomic E-state index is 14.8. The van der Waals surface area contributed by atoms with E-state index in [1.807, 2.05) is 0 Å². The number of amides is 2. The summed E-state index contributed by atoms with van der Waals surface area (Å²) in [4.78, 5) is 34.2. The number of alkyl halides is 1. The number of fused-ring (bicyclic) bond motifs is 3. The van der Waals surface area contributed by atoms with Gasteiger partial charge in [0.25, 0.3) is 10.1 Å². The van der Waals surface area contributed by atoms with Gasteiger partial charge in [0.15, 0.2) is 0 Å². The zero-order valence-corrected chi connectivity index (χ0v) is 30.2. The minimum atomic E-state index is -4.16. The molecule has 4 aliphatic rings. The number of allylic oxidation sites excluding steroid dienone is 1. The average molecular weight is 723 g/mol. The Labute approximate surface area is 295 Å².